The third-order valence-electron chi connectivity index (χ3n) is 3.48. The average molecular weight is 348 g/mol. The molecular formula is C20H16N2O4. The molecule has 6 nitrogen and oxygen atoms in total. The van der Waals surface area contributed by atoms with Crippen molar-refractivity contribution in [3.63, 3.8) is 0 Å². The first-order valence-corrected chi connectivity index (χ1v) is 7.83. The lowest BCUT2D eigenvalue weighted by molar-refractivity contribution is 0.112. The molecule has 4 rings (SSSR count). The number of hydrogen-bond acceptors (Lipinski definition) is 6. The molecule has 0 saturated carbocycles. The van der Waals surface area contributed by atoms with Crippen molar-refractivity contribution in [2.24, 2.45) is 0 Å². The van der Waals surface area contributed by atoms with E-state index in [-0.39, 0.29) is 6.61 Å². The van der Waals surface area contributed by atoms with E-state index in [1.807, 2.05) is 24.3 Å². The molecule has 0 saturated heterocycles. The molecule has 0 fully saturated rings. The first-order valence-electron chi connectivity index (χ1n) is 7.83. The van der Waals surface area contributed by atoms with E-state index in [1.54, 1.807) is 43.2 Å². The van der Waals surface area contributed by atoms with Gasteiger partial charge in [-0.25, -0.2) is 0 Å². The molecule has 130 valence electrons. The summed E-state index contributed by atoms with van der Waals surface area (Å²) >= 11 is 0. The number of aromatic nitrogens is 2. The van der Waals surface area contributed by atoms with Gasteiger partial charge in [-0.15, -0.1) is 0 Å². The van der Waals surface area contributed by atoms with Gasteiger partial charge in [-0.1, -0.05) is 0 Å². The molecule has 0 unspecified atom stereocenters. The fourth-order valence-electron chi connectivity index (χ4n) is 2.25. The molecule has 26 heavy (non-hydrogen) atoms. The molecule has 0 amide bonds. The first-order chi connectivity index (χ1) is 12.8. The number of furan rings is 2. The Kier molecular flexibility index (Phi) is 5.69. The molecule has 0 aliphatic heterocycles. The average Bonchev–Trinajstić information content (AvgIpc) is 3.42. The van der Waals surface area contributed by atoms with Crippen molar-refractivity contribution in [1.82, 2.24) is 9.97 Å². The Morgan fingerprint density at radius 2 is 1.50 bits per heavy atom. The second kappa shape index (κ2) is 8.55. The summed E-state index contributed by atoms with van der Waals surface area (Å²) < 4.78 is 10.4. The van der Waals surface area contributed by atoms with E-state index in [0.717, 1.165) is 34.5 Å². The van der Waals surface area contributed by atoms with Crippen LogP contribution < -0.4 is 0 Å². The zero-order valence-electron chi connectivity index (χ0n) is 13.8. The standard InChI is InChI=1S/C10H9NO2.C10H7NO2/c2*12-7-8-4-9(6-11-5-8)10-2-1-3-13-10/h1-6,12H,7H2;1-7H. The molecule has 6 heteroatoms. The van der Waals surface area contributed by atoms with Crippen molar-refractivity contribution in [3.05, 3.63) is 84.8 Å². The summed E-state index contributed by atoms with van der Waals surface area (Å²) in [4.78, 5) is 18.4. The van der Waals surface area contributed by atoms with Crippen molar-refractivity contribution in [2.45, 2.75) is 6.61 Å². The second-order valence-corrected chi connectivity index (χ2v) is 5.32. The number of carbonyl (C=O) groups excluding carboxylic acids is 1. The maximum absolute atomic E-state index is 10.5. The number of hydrogen-bond donors (Lipinski definition) is 1. The molecule has 0 radical (unpaired) electrons. The minimum Gasteiger partial charge on any atom is -0.464 e. The Morgan fingerprint density at radius 1 is 0.885 bits per heavy atom. The van der Waals surface area contributed by atoms with E-state index in [4.69, 9.17) is 13.9 Å². The highest BCUT2D eigenvalue weighted by molar-refractivity contribution is 5.77. The summed E-state index contributed by atoms with van der Waals surface area (Å²) in [6.45, 7) is 0.00154. The third-order valence-corrected chi connectivity index (χ3v) is 3.48. The van der Waals surface area contributed by atoms with Crippen LogP contribution in [-0.2, 0) is 6.61 Å². The van der Waals surface area contributed by atoms with Crippen LogP contribution in [0.15, 0.2) is 82.5 Å². The van der Waals surface area contributed by atoms with Crippen molar-refractivity contribution in [1.29, 1.82) is 0 Å². The van der Waals surface area contributed by atoms with E-state index < -0.39 is 0 Å². The highest BCUT2D eigenvalue weighted by atomic mass is 16.3. The molecule has 0 aromatic carbocycles. The van der Waals surface area contributed by atoms with E-state index in [2.05, 4.69) is 9.97 Å². The van der Waals surface area contributed by atoms with Gasteiger partial charge in [0.1, 0.15) is 11.5 Å². The SMILES string of the molecule is O=Cc1cncc(-c2ccco2)c1.OCc1cncc(-c2ccco2)c1. The maximum Gasteiger partial charge on any atom is 0.151 e. The van der Waals surface area contributed by atoms with E-state index >= 15 is 0 Å². The summed E-state index contributed by atoms with van der Waals surface area (Å²) in [6, 6.07) is 10.9. The van der Waals surface area contributed by atoms with Crippen molar-refractivity contribution in [2.75, 3.05) is 0 Å². The first kappa shape index (κ1) is 17.3. The Hall–Kier alpha value is -3.51. The van der Waals surface area contributed by atoms with Crippen LogP contribution in [0.2, 0.25) is 0 Å². The van der Waals surface area contributed by atoms with Gasteiger partial charge in [-0.2, -0.15) is 0 Å². The van der Waals surface area contributed by atoms with Gasteiger partial charge in [0.05, 0.1) is 19.1 Å². The number of nitrogens with zero attached hydrogens (tertiary/aromatic N) is 2. The van der Waals surface area contributed by atoms with Gasteiger partial charge in [-0.05, 0) is 42.0 Å². The number of rotatable bonds is 4. The fourth-order valence-corrected chi connectivity index (χ4v) is 2.25. The highest BCUT2D eigenvalue weighted by Gasteiger charge is 2.02. The highest BCUT2D eigenvalue weighted by Crippen LogP contribution is 2.20. The predicted octanol–water partition coefficient (Wildman–Crippen LogP) is 3.99. The molecule has 4 aromatic rings. The molecular weight excluding hydrogens is 332 g/mol. The van der Waals surface area contributed by atoms with Crippen molar-refractivity contribution < 1.29 is 18.7 Å². The predicted molar refractivity (Wildman–Crippen MR) is 95.2 cm³/mol. The van der Waals surface area contributed by atoms with Crippen LogP contribution in [0.4, 0.5) is 0 Å². The van der Waals surface area contributed by atoms with E-state index in [1.165, 1.54) is 6.20 Å². The number of aldehydes is 1. The minimum absolute atomic E-state index is 0.00154. The largest absolute Gasteiger partial charge is 0.464 e. The van der Waals surface area contributed by atoms with Crippen molar-refractivity contribution in [3.8, 4) is 22.6 Å². The van der Waals surface area contributed by atoms with Gasteiger partial charge in [0.15, 0.2) is 6.29 Å². The molecule has 4 aromatic heterocycles. The van der Waals surface area contributed by atoms with Crippen LogP contribution in [0, 0.1) is 0 Å². The summed E-state index contributed by atoms with van der Waals surface area (Å²) in [6.07, 6.45) is 10.5. The van der Waals surface area contributed by atoms with Crippen LogP contribution in [0.3, 0.4) is 0 Å². The lowest BCUT2D eigenvalue weighted by Crippen LogP contribution is -1.85. The van der Waals surface area contributed by atoms with E-state index in [9.17, 15) is 4.79 Å². The number of aliphatic hydroxyl groups excluding tert-OH is 1. The van der Waals surface area contributed by atoms with Gasteiger partial charge in [0.25, 0.3) is 0 Å². The van der Waals surface area contributed by atoms with Gasteiger partial charge in [0.2, 0.25) is 0 Å². The Balaban J connectivity index is 0.000000151. The normalized spacial score (nSPS) is 10.0. The van der Waals surface area contributed by atoms with Crippen LogP contribution >= 0.6 is 0 Å². The molecule has 0 aliphatic rings. The lowest BCUT2D eigenvalue weighted by atomic mass is 10.2. The molecule has 0 atom stereocenters. The Labute approximate surface area is 149 Å². The zero-order valence-corrected chi connectivity index (χ0v) is 13.8. The number of carbonyl (C=O) groups is 1. The topological polar surface area (TPSA) is 89.4 Å². The Morgan fingerprint density at radius 3 is 2.04 bits per heavy atom. The van der Waals surface area contributed by atoms with Gasteiger partial charge < -0.3 is 13.9 Å². The zero-order chi connectivity index (χ0) is 18.2. The maximum atomic E-state index is 10.5. The van der Waals surface area contributed by atoms with Crippen LogP contribution in [0.1, 0.15) is 15.9 Å². The number of pyridine rings is 2. The molecule has 0 spiro atoms. The third kappa shape index (κ3) is 4.31. The smallest absolute Gasteiger partial charge is 0.151 e. The minimum atomic E-state index is 0.00154. The molecule has 4 heterocycles. The van der Waals surface area contributed by atoms with Crippen molar-refractivity contribution >= 4 is 6.29 Å². The molecule has 0 bridgehead atoms. The van der Waals surface area contributed by atoms with Gasteiger partial charge in [-0.3, -0.25) is 14.8 Å². The van der Waals surface area contributed by atoms with Gasteiger partial charge >= 0.3 is 0 Å². The summed E-state index contributed by atoms with van der Waals surface area (Å²) in [5, 5.41) is 8.89. The number of aliphatic hydroxyl groups is 1. The molecule has 0 aliphatic carbocycles. The summed E-state index contributed by atoms with van der Waals surface area (Å²) in [7, 11) is 0. The fraction of sp³-hybridized carbons (Fsp3) is 0.0500. The molecule has 1 N–H and O–H groups in total. The van der Waals surface area contributed by atoms with Crippen LogP contribution in [0.5, 0.6) is 0 Å². The monoisotopic (exact) mass is 348 g/mol. The quantitative estimate of drug-likeness (QED) is 0.561. The summed E-state index contributed by atoms with van der Waals surface area (Å²) in [5.74, 6) is 1.49. The van der Waals surface area contributed by atoms with Gasteiger partial charge in [0, 0.05) is 41.5 Å². The Bertz CT molecular complexity index is 948. The van der Waals surface area contributed by atoms with Crippen LogP contribution in [0.25, 0.3) is 22.6 Å². The van der Waals surface area contributed by atoms with Crippen LogP contribution in [-0.4, -0.2) is 21.4 Å². The lowest BCUT2D eigenvalue weighted by Gasteiger charge is -1.98. The van der Waals surface area contributed by atoms with E-state index in [0.29, 0.717) is 5.56 Å². The second-order valence-electron chi connectivity index (χ2n) is 5.32. The summed E-state index contributed by atoms with van der Waals surface area (Å²) in [5.41, 5.74) is 3.04.